The fourth-order valence-electron chi connectivity index (χ4n) is 2.01. The van der Waals surface area contributed by atoms with Crippen LogP contribution in [0.2, 0.25) is 0 Å². The standard InChI is InChI=1S/C15H11BrFN3/c16-9-7-12-13(18)5-6-14(15(12)19-8-9)20-11-3-1-10(17)2-4-11/h1-8,20H,18H2. The van der Waals surface area contributed by atoms with Gasteiger partial charge in [-0.3, -0.25) is 4.98 Å². The first-order chi connectivity index (χ1) is 9.63. The molecule has 0 amide bonds. The van der Waals surface area contributed by atoms with Crippen molar-refractivity contribution in [1.82, 2.24) is 4.98 Å². The highest BCUT2D eigenvalue weighted by Crippen LogP contribution is 2.30. The van der Waals surface area contributed by atoms with Gasteiger partial charge in [0, 0.05) is 27.4 Å². The Hall–Kier alpha value is -2.14. The highest BCUT2D eigenvalue weighted by atomic mass is 79.9. The highest BCUT2D eigenvalue weighted by molar-refractivity contribution is 9.10. The van der Waals surface area contributed by atoms with E-state index in [1.807, 2.05) is 18.2 Å². The lowest BCUT2D eigenvalue weighted by molar-refractivity contribution is 0.628. The second-order valence-corrected chi connectivity index (χ2v) is 5.30. The lowest BCUT2D eigenvalue weighted by Gasteiger charge is -2.11. The molecule has 3 aromatic rings. The van der Waals surface area contributed by atoms with E-state index in [2.05, 4.69) is 26.2 Å². The lowest BCUT2D eigenvalue weighted by Crippen LogP contribution is -1.96. The average Bonchev–Trinajstić information content (AvgIpc) is 2.44. The van der Waals surface area contributed by atoms with Crippen LogP contribution in [-0.4, -0.2) is 4.98 Å². The maximum Gasteiger partial charge on any atom is 0.123 e. The van der Waals surface area contributed by atoms with Gasteiger partial charge in [-0.15, -0.1) is 0 Å². The number of nitrogen functional groups attached to an aromatic ring is 1. The van der Waals surface area contributed by atoms with Crippen LogP contribution in [0.15, 0.2) is 53.1 Å². The van der Waals surface area contributed by atoms with E-state index in [0.29, 0.717) is 5.69 Å². The average molecular weight is 332 g/mol. The summed E-state index contributed by atoms with van der Waals surface area (Å²) in [6, 6.07) is 11.8. The van der Waals surface area contributed by atoms with Crippen LogP contribution in [0, 0.1) is 5.82 Å². The zero-order valence-electron chi connectivity index (χ0n) is 10.4. The van der Waals surface area contributed by atoms with Gasteiger partial charge in [-0.05, 0) is 58.4 Å². The predicted molar refractivity (Wildman–Crippen MR) is 83.5 cm³/mol. The summed E-state index contributed by atoms with van der Waals surface area (Å²) in [5.74, 6) is -0.264. The number of nitrogens with zero attached hydrogens (tertiary/aromatic N) is 1. The van der Waals surface area contributed by atoms with Crippen LogP contribution in [0.1, 0.15) is 0 Å². The van der Waals surface area contributed by atoms with Gasteiger partial charge in [0.25, 0.3) is 0 Å². The molecule has 0 aliphatic carbocycles. The molecule has 3 rings (SSSR count). The van der Waals surface area contributed by atoms with Gasteiger partial charge in [-0.1, -0.05) is 0 Å². The summed E-state index contributed by atoms with van der Waals surface area (Å²) >= 11 is 3.39. The Kier molecular flexibility index (Phi) is 3.28. The van der Waals surface area contributed by atoms with E-state index in [1.54, 1.807) is 18.3 Å². The van der Waals surface area contributed by atoms with Crippen molar-refractivity contribution in [3.8, 4) is 0 Å². The molecule has 0 saturated carbocycles. The second-order valence-electron chi connectivity index (χ2n) is 4.38. The summed E-state index contributed by atoms with van der Waals surface area (Å²) in [6.07, 6.45) is 1.72. The zero-order chi connectivity index (χ0) is 14.1. The molecule has 20 heavy (non-hydrogen) atoms. The molecular weight excluding hydrogens is 321 g/mol. The smallest absolute Gasteiger partial charge is 0.123 e. The Morgan fingerprint density at radius 3 is 2.60 bits per heavy atom. The SMILES string of the molecule is Nc1ccc(Nc2ccc(F)cc2)c2ncc(Br)cc12. The Balaban J connectivity index is 2.08. The van der Waals surface area contributed by atoms with Crippen molar-refractivity contribution in [1.29, 1.82) is 0 Å². The van der Waals surface area contributed by atoms with E-state index in [0.717, 1.165) is 26.8 Å². The molecule has 5 heteroatoms. The van der Waals surface area contributed by atoms with E-state index in [-0.39, 0.29) is 5.82 Å². The van der Waals surface area contributed by atoms with Crippen LogP contribution in [0.4, 0.5) is 21.5 Å². The minimum absolute atomic E-state index is 0.264. The van der Waals surface area contributed by atoms with E-state index in [4.69, 9.17) is 5.73 Å². The first kappa shape index (κ1) is 12.9. The van der Waals surface area contributed by atoms with E-state index >= 15 is 0 Å². The summed E-state index contributed by atoms with van der Waals surface area (Å²) in [5.41, 5.74) is 9.03. The number of anilines is 3. The third-order valence-corrected chi connectivity index (χ3v) is 3.41. The molecule has 3 N–H and O–H groups in total. The molecule has 0 bridgehead atoms. The van der Waals surface area contributed by atoms with Crippen LogP contribution in [0.3, 0.4) is 0 Å². The van der Waals surface area contributed by atoms with E-state index in [1.165, 1.54) is 12.1 Å². The van der Waals surface area contributed by atoms with Gasteiger partial charge in [0.15, 0.2) is 0 Å². The minimum Gasteiger partial charge on any atom is -0.398 e. The molecule has 0 fully saturated rings. The number of rotatable bonds is 2. The van der Waals surface area contributed by atoms with Crippen LogP contribution < -0.4 is 11.1 Å². The molecule has 100 valence electrons. The molecular formula is C15H11BrFN3. The molecule has 3 nitrogen and oxygen atoms in total. The number of fused-ring (bicyclic) bond motifs is 1. The maximum atomic E-state index is 12.9. The fourth-order valence-corrected chi connectivity index (χ4v) is 2.34. The first-order valence-electron chi connectivity index (χ1n) is 6.00. The topological polar surface area (TPSA) is 50.9 Å². The third kappa shape index (κ3) is 2.44. The summed E-state index contributed by atoms with van der Waals surface area (Å²) in [5, 5.41) is 4.09. The molecule has 1 heterocycles. The predicted octanol–water partition coefficient (Wildman–Crippen LogP) is 4.46. The number of pyridine rings is 1. The van der Waals surface area contributed by atoms with Crippen LogP contribution in [0.5, 0.6) is 0 Å². The summed E-state index contributed by atoms with van der Waals surface area (Å²) < 4.78 is 13.8. The van der Waals surface area contributed by atoms with Crippen LogP contribution >= 0.6 is 15.9 Å². The Bertz CT molecular complexity index is 772. The van der Waals surface area contributed by atoms with Crippen molar-refractivity contribution >= 4 is 43.9 Å². The van der Waals surface area contributed by atoms with Gasteiger partial charge in [0.05, 0.1) is 11.2 Å². The summed E-state index contributed by atoms with van der Waals surface area (Å²) in [6.45, 7) is 0. The fraction of sp³-hybridized carbons (Fsp3) is 0. The molecule has 0 aliphatic rings. The van der Waals surface area contributed by atoms with Crippen molar-refractivity contribution in [2.75, 3.05) is 11.1 Å². The first-order valence-corrected chi connectivity index (χ1v) is 6.79. The normalized spacial score (nSPS) is 10.7. The molecule has 0 saturated heterocycles. The quantitative estimate of drug-likeness (QED) is 0.681. The second kappa shape index (κ2) is 5.09. The van der Waals surface area contributed by atoms with Crippen molar-refractivity contribution in [2.24, 2.45) is 0 Å². The molecule has 0 unspecified atom stereocenters. The van der Waals surface area contributed by atoms with Gasteiger partial charge >= 0.3 is 0 Å². The molecule has 0 spiro atoms. The Morgan fingerprint density at radius 1 is 1.10 bits per heavy atom. The third-order valence-electron chi connectivity index (χ3n) is 2.97. The van der Waals surface area contributed by atoms with Crippen LogP contribution in [-0.2, 0) is 0 Å². The van der Waals surface area contributed by atoms with Gasteiger partial charge in [0.1, 0.15) is 5.82 Å². The number of aromatic nitrogens is 1. The van der Waals surface area contributed by atoms with Gasteiger partial charge in [-0.25, -0.2) is 4.39 Å². The maximum absolute atomic E-state index is 12.9. The number of hydrogen-bond donors (Lipinski definition) is 2. The summed E-state index contributed by atoms with van der Waals surface area (Å²) in [7, 11) is 0. The Morgan fingerprint density at radius 2 is 1.85 bits per heavy atom. The molecule has 0 atom stereocenters. The Labute approximate surface area is 123 Å². The molecule has 1 aromatic heterocycles. The van der Waals surface area contributed by atoms with Crippen molar-refractivity contribution in [3.05, 3.63) is 59.0 Å². The largest absolute Gasteiger partial charge is 0.398 e. The van der Waals surface area contributed by atoms with Crippen molar-refractivity contribution in [2.45, 2.75) is 0 Å². The zero-order valence-corrected chi connectivity index (χ0v) is 12.0. The van der Waals surface area contributed by atoms with Gasteiger partial charge in [0.2, 0.25) is 0 Å². The lowest BCUT2D eigenvalue weighted by atomic mass is 10.1. The van der Waals surface area contributed by atoms with E-state index < -0.39 is 0 Å². The molecule has 0 radical (unpaired) electrons. The van der Waals surface area contributed by atoms with Gasteiger partial charge in [-0.2, -0.15) is 0 Å². The van der Waals surface area contributed by atoms with Crippen molar-refractivity contribution in [3.63, 3.8) is 0 Å². The van der Waals surface area contributed by atoms with Gasteiger partial charge < -0.3 is 11.1 Å². The minimum atomic E-state index is -0.264. The number of benzene rings is 2. The molecule has 0 aliphatic heterocycles. The van der Waals surface area contributed by atoms with E-state index in [9.17, 15) is 4.39 Å². The number of nitrogens with one attached hydrogen (secondary N) is 1. The number of halogens is 2. The van der Waals surface area contributed by atoms with Crippen molar-refractivity contribution < 1.29 is 4.39 Å². The number of nitrogens with two attached hydrogens (primary N) is 1. The van der Waals surface area contributed by atoms with Crippen LogP contribution in [0.25, 0.3) is 10.9 Å². The highest BCUT2D eigenvalue weighted by Gasteiger charge is 2.06. The summed E-state index contributed by atoms with van der Waals surface area (Å²) in [4.78, 5) is 4.39. The molecule has 2 aromatic carbocycles. The monoisotopic (exact) mass is 331 g/mol. The number of hydrogen-bond acceptors (Lipinski definition) is 3.